The van der Waals surface area contributed by atoms with Gasteiger partial charge in [0.05, 0.1) is 0 Å². The van der Waals surface area contributed by atoms with Crippen LogP contribution in [0.25, 0.3) is 22.0 Å². The van der Waals surface area contributed by atoms with Crippen molar-refractivity contribution in [2.24, 2.45) is 0 Å². The first-order chi connectivity index (χ1) is 9.97. The summed E-state index contributed by atoms with van der Waals surface area (Å²) < 4.78 is 13.3. The second-order valence-corrected chi connectivity index (χ2v) is 5.35. The van der Waals surface area contributed by atoms with Crippen molar-refractivity contribution >= 4 is 32.5 Å². The van der Waals surface area contributed by atoms with Crippen molar-refractivity contribution in [3.05, 3.63) is 50.9 Å². The Kier molecular flexibility index (Phi) is 3.21. The fourth-order valence-corrected chi connectivity index (χ4v) is 2.43. The Bertz CT molecular complexity index is 923. The van der Waals surface area contributed by atoms with Crippen LogP contribution in [0.4, 0.5) is 10.2 Å². The fourth-order valence-electron chi connectivity index (χ4n) is 2.16. The van der Waals surface area contributed by atoms with Crippen molar-refractivity contribution in [3.8, 4) is 11.3 Å². The van der Waals surface area contributed by atoms with E-state index < -0.39 is 5.95 Å². The lowest BCUT2D eigenvalue weighted by Crippen LogP contribution is -2.06. The van der Waals surface area contributed by atoms with Gasteiger partial charge >= 0.3 is 0 Å². The number of pyridine rings is 1. The summed E-state index contributed by atoms with van der Waals surface area (Å²) in [7, 11) is 0. The van der Waals surface area contributed by atoms with Gasteiger partial charge < -0.3 is 10.7 Å². The van der Waals surface area contributed by atoms with Gasteiger partial charge in [-0.15, -0.1) is 0 Å². The maximum Gasteiger partial charge on any atom is 0.255 e. The van der Waals surface area contributed by atoms with Crippen LogP contribution in [0.1, 0.15) is 5.56 Å². The second-order valence-electron chi connectivity index (χ2n) is 4.60. The van der Waals surface area contributed by atoms with Gasteiger partial charge in [0.1, 0.15) is 5.69 Å². The number of H-pyrrole nitrogens is 1. The van der Waals surface area contributed by atoms with Gasteiger partial charge in [0.2, 0.25) is 5.95 Å². The van der Waals surface area contributed by atoms with Gasteiger partial charge in [-0.3, -0.25) is 4.79 Å². The molecule has 5 nitrogen and oxygen atoms in total. The van der Waals surface area contributed by atoms with Crippen LogP contribution in [0, 0.1) is 12.9 Å². The minimum atomic E-state index is -0.760. The number of nitrogens with zero attached hydrogens (tertiary/aromatic N) is 2. The summed E-state index contributed by atoms with van der Waals surface area (Å²) in [4.78, 5) is 22.1. The molecule has 0 amide bonds. The second kappa shape index (κ2) is 4.92. The van der Waals surface area contributed by atoms with Crippen LogP contribution in [0.3, 0.4) is 0 Å². The van der Waals surface area contributed by atoms with Crippen LogP contribution in [-0.2, 0) is 0 Å². The summed E-state index contributed by atoms with van der Waals surface area (Å²) in [5.41, 5.74) is 7.52. The van der Waals surface area contributed by atoms with Gasteiger partial charge in [-0.2, -0.15) is 9.37 Å². The van der Waals surface area contributed by atoms with Crippen molar-refractivity contribution in [1.82, 2.24) is 15.0 Å². The van der Waals surface area contributed by atoms with E-state index in [0.717, 1.165) is 10.9 Å². The van der Waals surface area contributed by atoms with Crippen molar-refractivity contribution in [1.29, 1.82) is 0 Å². The number of aromatic nitrogens is 3. The number of halogens is 2. The summed E-state index contributed by atoms with van der Waals surface area (Å²) in [6.45, 7) is 1.89. The number of fused-ring (bicyclic) bond motifs is 1. The average molecular weight is 349 g/mol. The van der Waals surface area contributed by atoms with E-state index in [2.05, 4.69) is 30.9 Å². The number of rotatable bonds is 1. The van der Waals surface area contributed by atoms with E-state index in [1.807, 2.05) is 6.92 Å². The molecule has 0 saturated carbocycles. The molecule has 3 rings (SSSR count). The zero-order valence-corrected chi connectivity index (χ0v) is 12.5. The number of hydrogen-bond acceptors (Lipinski definition) is 4. The lowest BCUT2D eigenvalue weighted by molar-refractivity contribution is 0.571. The molecule has 0 aliphatic carbocycles. The first-order valence-corrected chi connectivity index (χ1v) is 6.87. The minimum Gasteiger partial charge on any atom is -0.382 e. The Labute approximate surface area is 127 Å². The number of nitrogens with two attached hydrogens (primary N) is 1. The van der Waals surface area contributed by atoms with Crippen LogP contribution < -0.4 is 11.3 Å². The molecule has 0 atom stereocenters. The number of anilines is 1. The molecule has 106 valence electrons. The van der Waals surface area contributed by atoms with Crippen molar-refractivity contribution < 1.29 is 4.39 Å². The van der Waals surface area contributed by atoms with Crippen LogP contribution in [-0.4, -0.2) is 15.0 Å². The molecule has 2 heterocycles. The predicted octanol–water partition coefficient (Wildman–Crippen LogP) is 2.78. The van der Waals surface area contributed by atoms with E-state index in [0.29, 0.717) is 16.6 Å². The number of benzene rings is 1. The SMILES string of the molecule is Cc1c[nH]c(=O)c2ccc(-c3nc(Br)c(F)nc3N)cc12. The number of nitrogens with one attached hydrogen (secondary N) is 1. The highest BCUT2D eigenvalue weighted by Crippen LogP contribution is 2.28. The zero-order chi connectivity index (χ0) is 15.1. The Morgan fingerprint density at radius 1 is 1.29 bits per heavy atom. The molecule has 3 aromatic rings. The minimum absolute atomic E-state index is 0.00227. The molecule has 0 unspecified atom stereocenters. The molecule has 21 heavy (non-hydrogen) atoms. The van der Waals surface area contributed by atoms with E-state index >= 15 is 0 Å². The molecular weight excluding hydrogens is 339 g/mol. The van der Waals surface area contributed by atoms with Gasteiger partial charge in [0, 0.05) is 17.1 Å². The molecule has 2 aromatic heterocycles. The first-order valence-electron chi connectivity index (χ1n) is 6.08. The summed E-state index contributed by atoms with van der Waals surface area (Å²) in [6, 6.07) is 5.20. The third-order valence-corrected chi connectivity index (χ3v) is 3.73. The van der Waals surface area contributed by atoms with Crippen LogP contribution in [0.2, 0.25) is 0 Å². The van der Waals surface area contributed by atoms with Gasteiger partial charge in [0.15, 0.2) is 10.4 Å². The third-order valence-electron chi connectivity index (χ3n) is 3.22. The topological polar surface area (TPSA) is 84.7 Å². The Balaban J connectivity index is 2.29. The summed E-state index contributed by atoms with van der Waals surface area (Å²) in [5.74, 6) is -0.762. The average Bonchev–Trinajstić information content (AvgIpc) is 2.46. The number of nitrogen functional groups attached to an aromatic ring is 1. The van der Waals surface area contributed by atoms with Crippen molar-refractivity contribution in [2.45, 2.75) is 6.92 Å². The monoisotopic (exact) mass is 348 g/mol. The van der Waals surface area contributed by atoms with Crippen molar-refractivity contribution in [3.63, 3.8) is 0 Å². The van der Waals surface area contributed by atoms with E-state index in [-0.39, 0.29) is 16.0 Å². The molecular formula is C14H10BrFN4O. The molecule has 0 aliphatic heterocycles. The highest BCUT2D eigenvalue weighted by atomic mass is 79.9. The van der Waals surface area contributed by atoms with Crippen LogP contribution >= 0.6 is 15.9 Å². The summed E-state index contributed by atoms with van der Waals surface area (Å²) >= 11 is 2.99. The maximum atomic E-state index is 13.3. The maximum absolute atomic E-state index is 13.3. The number of aromatic amines is 1. The van der Waals surface area contributed by atoms with Crippen LogP contribution in [0.15, 0.2) is 33.8 Å². The summed E-state index contributed by atoms with van der Waals surface area (Å²) in [6.07, 6.45) is 1.64. The normalized spacial score (nSPS) is 11.0. The van der Waals surface area contributed by atoms with E-state index in [1.165, 1.54) is 0 Å². The molecule has 0 radical (unpaired) electrons. The van der Waals surface area contributed by atoms with Crippen LogP contribution in [0.5, 0.6) is 0 Å². The molecule has 0 saturated heterocycles. The van der Waals surface area contributed by atoms with Crippen molar-refractivity contribution in [2.75, 3.05) is 5.73 Å². The Morgan fingerprint density at radius 2 is 2.05 bits per heavy atom. The summed E-state index contributed by atoms with van der Waals surface area (Å²) in [5, 5.41) is 1.37. The zero-order valence-electron chi connectivity index (χ0n) is 10.9. The Morgan fingerprint density at radius 3 is 2.81 bits per heavy atom. The van der Waals surface area contributed by atoms with Gasteiger partial charge in [-0.05, 0) is 45.9 Å². The number of hydrogen-bond donors (Lipinski definition) is 2. The lowest BCUT2D eigenvalue weighted by atomic mass is 10.0. The third kappa shape index (κ3) is 2.29. The van der Waals surface area contributed by atoms with Gasteiger partial charge in [-0.1, -0.05) is 6.07 Å². The number of aryl methyl sites for hydroxylation is 1. The Hall–Kier alpha value is -2.28. The molecule has 1 aromatic carbocycles. The van der Waals surface area contributed by atoms with E-state index in [9.17, 15) is 9.18 Å². The first kappa shape index (κ1) is 13.7. The quantitative estimate of drug-likeness (QED) is 0.708. The predicted molar refractivity (Wildman–Crippen MR) is 82.4 cm³/mol. The van der Waals surface area contributed by atoms with E-state index in [1.54, 1.807) is 24.4 Å². The largest absolute Gasteiger partial charge is 0.382 e. The van der Waals surface area contributed by atoms with E-state index in [4.69, 9.17) is 5.73 Å². The molecule has 0 spiro atoms. The van der Waals surface area contributed by atoms with Gasteiger partial charge in [0.25, 0.3) is 5.56 Å². The lowest BCUT2D eigenvalue weighted by Gasteiger charge is -2.08. The highest BCUT2D eigenvalue weighted by molar-refractivity contribution is 9.10. The fraction of sp³-hybridized carbons (Fsp3) is 0.0714. The van der Waals surface area contributed by atoms with Gasteiger partial charge in [-0.25, -0.2) is 4.98 Å². The standard InChI is InChI=1S/C14H10BrFN4O/c1-6-5-18-14(21)8-3-2-7(4-9(6)8)10-13(17)20-12(16)11(15)19-10/h2-5H,1H3,(H2,17,20)(H,18,21). The molecule has 7 heteroatoms. The molecule has 3 N–H and O–H groups in total. The smallest absolute Gasteiger partial charge is 0.255 e. The molecule has 0 bridgehead atoms. The highest BCUT2D eigenvalue weighted by Gasteiger charge is 2.13. The molecule has 0 fully saturated rings. The molecule has 0 aliphatic rings.